The van der Waals surface area contributed by atoms with Gasteiger partial charge in [0.15, 0.2) is 11.5 Å². The number of nitro groups is 1. The van der Waals surface area contributed by atoms with E-state index in [0.717, 1.165) is 0 Å². The SMILES string of the molecule is O=C(O)CCCCCNC(=O)c1cc2c(cc1[N+](=O)[O-])OCCO2. The fourth-order valence-electron chi connectivity index (χ4n) is 2.29. The normalized spacial score (nSPS) is 12.5. The number of ether oxygens (including phenoxy) is 2. The molecule has 0 saturated heterocycles. The van der Waals surface area contributed by atoms with Gasteiger partial charge in [0.05, 0.1) is 11.0 Å². The van der Waals surface area contributed by atoms with E-state index in [9.17, 15) is 19.7 Å². The monoisotopic (exact) mass is 338 g/mol. The molecular weight excluding hydrogens is 320 g/mol. The van der Waals surface area contributed by atoms with Gasteiger partial charge in [0.1, 0.15) is 18.8 Å². The second-order valence-corrected chi connectivity index (χ2v) is 5.23. The summed E-state index contributed by atoms with van der Waals surface area (Å²) in [6.45, 7) is 0.922. The topological polar surface area (TPSA) is 128 Å². The second-order valence-electron chi connectivity index (χ2n) is 5.23. The molecule has 9 nitrogen and oxygen atoms in total. The van der Waals surface area contributed by atoms with Crippen molar-refractivity contribution in [3.05, 3.63) is 27.8 Å². The lowest BCUT2D eigenvalue weighted by Crippen LogP contribution is -2.26. The first-order valence-corrected chi connectivity index (χ1v) is 7.57. The van der Waals surface area contributed by atoms with Gasteiger partial charge < -0.3 is 19.9 Å². The summed E-state index contributed by atoms with van der Waals surface area (Å²) in [5, 5.41) is 22.3. The largest absolute Gasteiger partial charge is 0.486 e. The summed E-state index contributed by atoms with van der Waals surface area (Å²) in [6, 6.07) is 2.50. The number of aliphatic carboxylic acids is 1. The number of carbonyl (C=O) groups is 2. The maximum absolute atomic E-state index is 12.2. The van der Waals surface area contributed by atoms with Crippen molar-refractivity contribution in [2.24, 2.45) is 0 Å². The van der Waals surface area contributed by atoms with E-state index in [-0.39, 0.29) is 23.4 Å². The fourth-order valence-corrected chi connectivity index (χ4v) is 2.29. The molecule has 0 fully saturated rings. The molecule has 0 saturated carbocycles. The molecule has 0 aromatic heterocycles. The van der Waals surface area contributed by atoms with E-state index in [1.54, 1.807) is 0 Å². The molecule has 0 bridgehead atoms. The lowest BCUT2D eigenvalue weighted by atomic mass is 10.1. The number of nitrogens with one attached hydrogen (secondary N) is 1. The van der Waals surface area contributed by atoms with Crippen molar-refractivity contribution in [2.45, 2.75) is 25.7 Å². The summed E-state index contributed by atoms with van der Waals surface area (Å²) in [5.74, 6) is -0.875. The minimum absolute atomic E-state index is 0.0849. The number of carboxylic acids is 1. The smallest absolute Gasteiger partial charge is 0.303 e. The molecule has 0 radical (unpaired) electrons. The summed E-state index contributed by atoms with van der Waals surface area (Å²) >= 11 is 0. The van der Waals surface area contributed by atoms with Crippen LogP contribution >= 0.6 is 0 Å². The quantitative estimate of drug-likeness (QED) is 0.420. The Bertz CT molecular complexity index is 645. The molecule has 1 aliphatic heterocycles. The Kier molecular flexibility index (Phi) is 5.94. The van der Waals surface area contributed by atoms with Crippen LogP contribution < -0.4 is 14.8 Å². The van der Waals surface area contributed by atoms with Crippen molar-refractivity contribution >= 4 is 17.6 Å². The van der Waals surface area contributed by atoms with E-state index in [0.29, 0.717) is 44.8 Å². The van der Waals surface area contributed by atoms with Crippen LogP contribution in [0.3, 0.4) is 0 Å². The van der Waals surface area contributed by atoms with Gasteiger partial charge in [-0.1, -0.05) is 6.42 Å². The molecular formula is C15H18N2O7. The zero-order valence-electron chi connectivity index (χ0n) is 12.9. The zero-order chi connectivity index (χ0) is 17.5. The van der Waals surface area contributed by atoms with Gasteiger partial charge in [-0.3, -0.25) is 19.7 Å². The van der Waals surface area contributed by atoms with Gasteiger partial charge in [-0.25, -0.2) is 0 Å². The van der Waals surface area contributed by atoms with Gasteiger partial charge in [-0.15, -0.1) is 0 Å². The third kappa shape index (κ3) is 4.58. The average molecular weight is 338 g/mol. The van der Waals surface area contributed by atoms with Crippen LogP contribution in [-0.4, -0.2) is 41.7 Å². The molecule has 0 spiro atoms. The number of hydrogen-bond donors (Lipinski definition) is 2. The van der Waals surface area contributed by atoms with E-state index >= 15 is 0 Å². The van der Waals surface area contributed by atoms with Crippen LogP contribution in [0.4, 0.5) is 5.69 Å². The van der Waals surface area contributed by atoms with Crippen LogP contribution in [0.15, 0.2) is 12.1 Å². The van der Waals surface area contributed by atoms with Crippen molar-refractivity contribution in [3.8, 4) is 11.5 Å². The molecule has 24 heavy (non-hydrogen) atoms. The van der Waals surface area contributed by atoms with E-state index in [1.807, 2.05) is 0 Å². The first-order valence-electron chi connectivity index (χ1n) is 7.57. The van der Waals surface area contributed by atoms with Gasteiger partial charge in [-0.2, -0.15) is 0 Å². The highest BCUT2D eigenvalue weighted by atomic mass is 16.6. The van der Waals surface area contributed by atoms with Crippen LogP contribution in [0.5, 0.6) is 11.5 Å². The first kappa shape index (κ1) is 17.5. The second kappa shape index (κ2) is 8.14. The Morgan fingerprint density at radius 3 is 2.46 bits per heavy atom. The number of nitro benzene ring substituents is 1. The first-order chi connectivity index (χ1) is 11.5. The molecule has 1 heterocycles. The van der Waals surface area contributed by atoms with Gasteiger partial charge in [-0.05, 0) is 12.8 Å². The van der Waals surface area contributed by atoms with E-state index in [2.05, 4.69) is 5.32 Å². The van der Waals surface area contributed by atoms with Crippen molar-refractivity contribution in [2.75, 3.05) is 19.8 Å². The van der Waals surface area contributed by atoms with Crippen LogP contribution in [0.2, 0.25) is 0 Å². The molecule has 130 valence electrons. The molecule has 1 aromatic carbocycles. The summed E-state index contributed by atoms with van der Waals surface area (Å²) in [5.41, 5.74) is -0.433. The number of carbonyl (C=O) groups excluding carboxylic acids is 1. The number of rotatable bonds is 8. The summed E-state index contributed by atoms with van der Waals surface area (Å²) in [4.78, 5) is 33.1. The van der Waals surface area contributed by atoms with E-state index < -0.39 is 16.8 Å². The molecule has 2 rings (SSSR count). The Morgan fingerprint density at radius 1 is 1.17 bits per heavy atom. The van der Waals surface area contributed by atoms with E-state index in [1.165, 1.54) is 12.1 Å². The number of hydrogen-bond acceptors (Lipinski definition) is 6. The summed E-state index contributed by atoms with van der Waals surface area (Å²) in [6.07, 6.45) is 1.85. The van der Waals surface area contributed by atoms with Crippen molar-refractivity contribution < 1.29 is 29.1 Å². The molecule has 0 aliphatic carbocycles. The number of fused-ring (bicyclic) bond motifs is 1. The van der Waals surface area contributed by atoms with Gasteiger partial charge >= 0.3 is 5.97 Å². The van der Waals surface area contributed by atoms with Crippen molar-refractivity contribution in [1.29, 1.82) is 0 Å². The van der Waals surface area contributed by atoms with Crippen LogP contribution in [0, 0.1) is 10.1 Å². The van der Waals surface area contributed by atoms with Crippen LogP contribution in [0.25, 0.3) is 0 Å². The Morgan fingerprint density at radius 2 is 1.83 bits per heavy atom. The lowest BCUT2D eigenvalue weighted by Gasteiger charge is -2.18. The number of benzene rings is 1. The number of amides is 1. The van der Waals surface area contributed by atoms with Gasteiger partial charge in [0.25, 0.3) is 11.6 Å². The van der Waals surface area contributed by atoms with Crippen LogP contribution in [-0.2, 0) is 4.79 Å². The number of carboxylic acid groups (broad SMARTS) is 1. The molecule has 2 N–H and O–H groups in total. The third-order valence-corrected chi connectivity index (χ3v) is 3.45. The molecule has 1 aliphatic rings. The minimum atomic E-state index is -0.856. The molecule has 1 amide bonds. The molecule has 9 heteroatoms. The van der Waals surface area contributed by atoms with Crippen LogP contribution in [0.1, 0.15) is 36.0 Å². The van der Waals surface area contributed by atoms with Crippen molar-refractivity contribution in [3.63, 3.8) is 0 Å². The summed E-state index contributed by atoms with van der Waals surface area (Å²) < 4.78 is 10.6. The third-order valence-electron chi connectivity index (χ3n) is 3.45. The molecule has 0 atom stereocenters. The highest BCUT2D eigenvalue weighted by Crippen LogP contribution is 2.36. The summed E-state index contributed by atoms with van der Waals surface area (Å²) in [7, 11) is 0. The molecule has 0 unspecified atom stereocenters. The predicted molar refractivity (Wildman–Crippen MR) is 82.5 cm³/mol. The fraction of sp³-hybridized carbons (Fsp3) is 0.467. The maximum Gasteiger partial charge on any atom is 0.303 e. The maximum atomic E-state index is 12.2. The number of nitrogens with zero attached hydrogens (tertiary/aromatic N) is 1. The zero-order valence-corrected chi connectivity index (χ0v) is 12.9. The predicted octanol–water partition coefficient (Wildman–Crippen LogP) is 1.74. The standard InChI is InChI=1S/C15H18N2O7/c18-14(19)4-2-1-3-5-16-15(20)10-8-12-13(24-7-6-23-12)9-11(10)17(21)22/h8-9H,1-7H2,(H,16,20)(H,18,19). The van der Waals surface area contributed by atoms with Gasteiger partial charge in [0, 0.05) is 19.0 Å². The minimum Gasteiger partial charge on any atom is -0.486 e. The number of unbranched alkanes of at least 4 members (excludes halogenated alkanes) is 2. The lowest BCUT2D eigenvalue weighted by molar-refractivity contribution is -0.385. The Hall–Kier alpha value is -2.84. The highest BCUT2D eigenvalue weighted by molar-refractivity contribution is 5.99. The molecule has 1 aromatic rings. The Labute approximate surface area is 137 Å². The van der Waals surface area contributed by atoms with E-state index in [4.69, 9.17) is 14.6 Å². The highest BCUT2D eigenvalue weighted by Gasteiger charge is 2.26. The average Bonchev–Trinajstić information content (AvgIpc) is 2.56. The van der Waals surface area contributed by atoms with Crippen molar-refractivity contribution in [1.82, 2.24) is 5.32 Å². The van der Waals surface area contributed by atoms with Gasteiger partial charge in [0.2, 0.25) is 0 Å². The Balaban J connectivity index is 1.97.